The predicted octanol–water partition coefficient (Wildman–Crippen LogP) is 5.55. The summed E-state index contributed by atoms with van der Waals surface area (Å²) >= 11 is 0. The van der Waals surface area contributed by atoms with Crippen molar-refractivity contribution in [2.24, 2.45) is 0 Å². The highest BCUT2D eigenvalue weighted by Gasteiger charge is 2.23. The van der Waals surface area contributed by atoms with Crippen LogP contribution in [0, 0.1) is 13.8 Å². The minimum atomic E-state index is 0.405. The fraction of sp³-hybridized carbons (Fsp3) is 0.250. The number of aromatic nitrogens is 4. The van der Waals surface area contributed by atoms with Crippen LogP contribution in [0.15, 0.2) is 61.2 Å². The molecule has 0 bridgehead atoms. The summed E-state index contributed by atoms with van der Waals surface area (Å²) in [7, 11) is 0. The largest absolute Gasteiger partial charge is 0.487 e. The highest BCUT2D eigenvalue weighted by molar-refractivity contribution is 5.94. The molecular formula is C28H28N6O. The van der Waals surface area contributed by atoms with Gasteiger partial charge in [-0.15, -0.1) is 0 Å². The minimum Gasteiger partial charge on any atom is -0.487 e. The number of hydrogen-bond acceptors (Lipinski definition) is 6. The van der Waals surface area contributed by atoms with E-state index in [1.54, 1.807) is 12.4 Å². The summed E-state index contributed by atoms with van der Waals surface area (Å²) in [5, 5.41) is 5.57. The van der Waals surface area contributed by atoms with E-state index in [9.17, 15) is 0 Å². The van der Waals surface area contributed by atoms with Crippen LogP contribution in [-0.2, 0) is 13.2 Å². The molecule has 0 spiro atoms. The van der Waals surface area contributed by atoms with Crippen LogP contribution in [0.5, 0.6) is 5.75 Å². The summed E-state index contributed by atoms with van der Waals surface area (Å²) in [4.78, 5) is 13.4. The van der Waals surface area contributed by atoms with Crippen molar-refractivity contribution < 1.29 is 4.74 Å². The second-order valence-corrected chi connectivity index (χ2v) is 9.34. The Labute approximate surface area is 204 Å². The van der Waals surface area contributed by atoms with Gasteiger partial charge < -0.3 is 20.2 Å². The molecule has 1 aromatic carbocycles. The molecule has 4 heterocycles. The number of nitrogens with two attached hydrogens (primary N) is 1. The number of anilines is 2. The van der Waals surface area contributed by atoms with Crippen LogP contribution in [0.25, 0.3) is 16.4 Å². The number of pyridine rings is 3. The maximum atomic E-state index is 6.08. The summed E-state index contributed by atoms with van der Waals surface area (Å²) in [6.45, 7) is 5.29. The van der Waals surface area contributed by atoms with Crippen LogP contribution >= 0.6 is 0 Å². The molecule has 0 amide bonds. The van der Waals surface area contributed by atoms with Gasteiger partial charge in [-0.1, -0.05) is 6.07 Å². The van der Waals surface area contributed by atoms with Gasteiger partial charge in [-0.25, -0.2) is 15.0 Å². The van der Waals surface area contributed by atoms with E-state index >= 15 is 0 Å². The quantitative estimate of drug-likeness (QED) is 0.328. The Morgan fingerprint density at radius 1 is 1.03 bits per heavy atom. The number of aryl methyl sites for hydroxylation is 2. The lowest BCUT2D eigenvalue weighted by atomic mass is 9.96. The van der Waals surface area contributed by atoms with Gasteiger partial charge in [0, 0.05) is 42.8 Å². The molecule has 7 nitrogen and oxygen atoms in total. The first-order chi connectivity index (χ1) is 17.0. The molecule has 6 rings (SSSR count). The van der Waals surface area contributed by atoms with Crippen molar-refractivity contribution in [1.82, 2.24) is 19.4 Å². The number of ether oxygens (including phenoxy) is 1. The van der Waals surface area contributed by atoms with E-state index in [4.69, 9.17) is 15.5 Å². The van der Waals surface area contributed by atoms with Crippen molar-refractivity contribution >= 4 is 28.1 Å². The number of nitrogens with zero attached hydrogens (tertiary/aromatic N) is 4. The predicted molar refractivity (Wildman–Crippen MR) is 139 cm³/mol. The molecule has 1 fully saturated rings. The Morgan fingerprint density at radius 2 is 1.89 bits per heavy atom. The van der Waals surface area contributed by atoms with E-state index in [2.05, 4.69) is 64.1 Å². The highest BCUT2D eigenvalue weighted by atomic mass is 16.5. The third-order valence-electron chi connectivity index (χ3n) is 6.85. The average molecular weight is 465 g/mol. The maximum absolute atomic E-state index is 6.08. The summed E-state index contributed by atoms with van der Waals surface area (Å²) in [5.74, 6) is 2.80. The topological polar surface area (TPSA) is 90.4 Å². The number of imidazole rings is 1. The number of hydrogen-bond donors (Lipinski definition) is 2. The van der Waals surface area contributed by atoms with Crippen molar-refractivity contribution in [3.63, 3.8) is 0 Å². The summed E-state index contributed by atoms with van der Waals surface area (Å²) in [5.41, 5.74) is 12.9. The van der Waals surface area contributed by atoms with Gasteiger partial charge in [0.25, 0.3) is 0 Å². The third-order valence-corrected chi connectivity index (χ3v) is 6.85. The number of rotatable bonds is 7. The molecule has 5 aromatic rings. The Kier molecular flexibility index (Phi) is 5.25. The van der Waals surface area contributed by atoms with Crippen molar-refractivity contribution in [3.8, 4) is 5.75 Å². The lowest BCUT2D eigenvalue weighted by Crippen LogP contribution is -2.06. The van der Waals surface area contributed by atoms with Crippen molar-refractivity contribution in [2.45, 2.75) is 45.8 Å². The highest BCUT2D eigenvalue weighted by Crippen LogP contribution is 2.39. The second-order valence-electron chi connectivity index (χ2n) is 9.34. The van der Waals surface area contributed by atoms with Gasteiger partial charge in [0.05, 0.1) is 5.69 Å². The Bertz CT molecular complexity index is 1550. The first-order valence-electron chi connectivity index (χ1n) is 12.0. The Balaban J connectivity index is 1.15. The van der Waals surface area contributed by atoms with Crippen LogP contribution in [0.1, 0.15) is 46.7 Å². The van der Waals surface area contributed by atoms with E-state index in [0.717, 1.165) is 39.6 Å². The summed E-state index contributed by atoms with van der Waals surface area (Å²) in [6, 6.07) is 12.2. The van der Waals surface area contributed by atoms with E-state index in [1.165, 1.54) is 35.1 Å². The van der Waals surface area contributed by atoms with Crippen molar-refractivity contribution in [1.29, 1.82) is 0 Å². The van der Waals surface area contributed by atoms with Crippen LogP contribution < -0.4 is 15.8 Å². The third kappa shape index (κ3) is 4.25. The molecule has 1 aliphatic carbocycles. The van der Waals surface area contributed by atoms with Crippen LogP contribution in [0.3, 0.4) is 0 Å². The van der Waals surface area contributed by atoms with Crippen molar-refractivity contribution in [2.75, 3.05) is 11.1 Å². The molecule has 0 radical (unpaired) electrons. The first-order valence-corrected chi connectivity index (χ1v) is 12.0. The number of benzene rings is 1. The zero-order chi connectivity index (χ0) is 23.9. The minimum absolute atomic E-state index is 0.405. The maximum Gasteiger partial charge on any atom is 0.137 e. The van der Waals surface area contributed by atoms with E-state index in [0.29, 0.717) is 19.0 Å². The average Bonchev–Trinajstić information content (AvgIpc) is 3.63. The molecule has 7 heteroatoms. The molecule has 0 saturated heterocycles. The summed E-state index contributed by atoms with van der Waals surface area (Å²) in [6.07, 6.45) is 10.3. The molecule has 35 heavy (non-hydrogen) atoms. The molecule has 0 atom stereocenters. The lowest BCUT2D eigenvalue weighted by molar-refractivity contribution is 0.302. The fourth-order valence-electron chi connectivity index (χ4n) is 4.73. The van der Waals surface area contributed by atoms with Gasteiger partial charge in [-0.2, -0.15) is 0 Å². The monoisotopic (exact) mass is 464 g/mol. The lowest BCUT2D eigenvalue weighted by Gasteiger charge is -2.15. The van der Waals surface area contributed by atoms with Gasteiger partial charge in [0.1, 0.15) is 29.6 Å². The molecule has 0 unspecified atom stereocenters. The van der Waals surface area contributed by atoms with E-state index in [1.807, 2.05) is 18.2 Å². The number of nitrogens with one attached hydrogen (secondary N) is 1. The Hall–Kier alpha value is -4.13. The fourth-order valence-corrected chi connectivity index (χ4v) is 4.73. The van der Waals surface area contributed by atoms with Crippen LogP contribution in [-0.4, -0.2) is 19.4 Å². The molecule has 1 aliphatic rings. The van der Waals surface area contributed by atoms with Gasteiger partial charge in [-0.3, -0.25) is 0 Å². The van der Waals surface area contributed by atoms with Crippen molar-refractivity contribution in [3.05, 3.63) is 89.1 Å². The summed E-state index contributed by atoms with van der Waals surface area (Å²) < 4.78 is 8.15. The molecule has 4 aromatic heterocycles. The SMILES string of the molecule is Cc1cc2c(N)nccc2c(C)c1CNc1cc(OCc2cn3cc(C4CC4)ccc3n2)ccn1. The standard InChI is InChI=1S/C28H28N6O/c1-17-11-24-23(8-10-31-28(24)29)18(2)25(17)13-32-26-12-22(7-9-30-26)35-16-21-15-34-14-20(19-3-4-19)5-6-27(34)33-21/h5-12,14-15,19H,3-4,13,16H2,1-2H3,(H2,29,31)(H,30,32). The van der Waals surface area contributed by atoms with Gasteiger partial charge in [-0.05, 0) is 84.5 Å². The number of fused-ring (bicyclic) bond motifs is 2. The van der Waals surface area contributed by atoms with Gasteiger partial charge in [0.2, 0.25) is 0 Å². The van der Waals surface area contributed by atoms with E-state index in [-0.39, 0.29) is 0 Å². The van der Waals surface area contributed by atoms with Crippen LogP contribution in [0.4, 0.5) is 11.6 Å². The Morgan fingerprint density at radius 3 is 2.74 bits per heavy atom. The molecule has 1 saturated carbocycles. The molecular weight excluding hydrogens is 436 g/mol. The van der Waals surface area contributed by atoms with Gasteiger partial charge >= 0.3 is 0 Å². The normalized spacial score (nSPS) is 13.4. The van der Waals surface area contributed by atoms with Crippen LogP contribution in [0.2, 0.25) is 0 Å². The van der Waals surface area contributed by atoms with E-state index < -0.39 is 0 Å². The molecule has 3 N–H and O–H groups in total. The smallest absolute Gasteiger partial charge is 0.137 e. The zero-order valence-corrected chi connectivity index (χ0v) is 20.0. The second kappa shape index (κ2) is 8.58. The number of nitrogen functional groups attached to an aromatic ring is 1. The molecule has 0 aliphatic heterocycles. The zero-order valence-electron chi connectivity index (χ0n) is 20.0. The first kappa shape index (κ1) is 21.4. The molecule has 176 valence electrons. The van der Waals surface area contributed by atoms with Gasteiger partial charge in [0.15, 0.2) is 0 Å².